The van der Waals surface area contributed by atoms with Gasteiger partial charge in [0, 0.05) is 35.7 Å². The molecule has 0 aromatic heterocycles. The highest BCUT2D eigenvalue weighted by atomic mass is 32.2. The number of thioether (sulfide) groups is 1. The molecule has 2 heterocycles. The summed E-state index contributed by atoms with van der Waals surface area (Å²) in [5, 5.41) is 4.46. The normalized spacial score (nSPS) is 43.4. The van der Waals surface area contributed by atoms with Gasteiger partial charge in [0.15, 0.2) is 0 Å². The standard InChI is InChI=1S/C12H24N2S/c1-10-11(2)15-8-7-14(10)9-12(3)5-4-6-13-12/h10-11,13H,4-9H2,1-3H3. The first-order valence-corrected chi connectivity index (χ1v) is 7.26. The van der Waals surface area contributed by atoms with E-state index in [2.05, 4.69) is 42.7 Å². The molecule has 88 valence electrons. The second-order valence-corrected chi connectivity index (χ2v) is 6.86. The first-order valence-electron chi connectivity index (χ1n) is 6.21. The maximum absolute atomic E-state index is 3.67. The average molecular weight is 228 g/mol. The lowest BCUT2D eigenvalue weighted by atomic mass is 9.98. The molecule has 2 aliphatic heterocycles. The van der Waals surface area contributed by atoms with Gasteiger partial charge < -0.3 is 5.32 Å². The van der Waals surface area contributed by atoms with Crippen LogP contribution in [0.5, 0.6) is 0 Å². The van der Waals surface area contributed by atoms with Crippen LogP contribution in [0.1, 0.15) is 33.6 Å². The van der Waals surface area contributed by atoms with Gasteiger partial charge in [0.05, 0.1) is 0 Å². The second kappa shape index (κ2) is 4.64. The summed E-state index contributed by atoms with van der Waals surface area (Å²) < 4.78 is 0. The third-order valence-corrected chi connectivity index (χ3v) is 5.36. The highest BCUT2D eigenvalue weighted by Crippen LogP contribution is 2.27. The highest BCUT2D eigenvalue weighted by molar-refractivity contribution is 8.00. The fourth-order valence-corrected chi connectivity index (χ4v) is 3.92. The third kappa shape index (κ3) is 2.69. The molecule has 2 rings (SSSR count). The van der Waals surface area contributed by atoms with Crippen molar-refractivity contribution in [3.8, 4) is 0 Å². The Morgan fingerprint density at radius 1 is 1.47 bits per heavy atom. The first-order chi connectivity index (χ1) is 7.11. The predicted octanol–water partition coefficient (Wildman–Crippen LogP) is 1.95. The van der Waals surface area contributed by atoms with Gasteiger partial charge in [-0.2, -0.15) is 11.8 Å². The maximum Gasteiger partial charge on any atom is 0.0281 e. The van der Waals surface area contributed by atoms with Crippen molar-refractivity contribution < 1.29 is 0 Å². The summed E-state index contributed by atoms with van der Waals surface area (Å²) in [4.78, 5) is 2.68. The summed E-state index contributed by atoms with van der Waals surface area (Å²) in [5.74, 6) is 1.31. The molecule has 0 spiro atoms. The monoisotopic (exact) mass is 228 g/mol. The van der Waals surface area contributed by atoms with E-state index in [4.69, 9.17) is 0 Å². The van der Waals surface area contributed by atoms with Crippen molar-refractivity contribution in [2.24, 2.45) is 0 Å². The Morgan fingerprint density at radius 2 is 2.27 bits per heavy atom. The smallest absolute Gasteiger partial charge is 0.0281 e. The van der Waals surface area contributed by atoms with Gasteiger partial charge in [0.1, 0.15) is 0 Å². The van der Waals surface area contributed by atoms with Crippen LogP contribution in [-0.4, -0.2) is 47.1 Å². The van der Waals surface area contributed by atoms with Gasteiger partial charge >= 0.3 is 0 Å². The molecule has 0 aromatic rings. The van der Waals surface area contributed by atoms with Crippen molar-refractivity contribution >= 4 is 11.8 Å². The van der Waals surface area contributed by atoms with Crippen molar-refractivity contribution in [1.82, 2.24) is 10.2 Å². The Morgan fingerprint density at radius 3 is 2.93 bits per heavy atom. The summed E-state index contributed by atoms with van der Waals surface area (Å²) in [6.07, 6.45) is 2.70. The molecule has 0 saturated carbocycles. The molecule has 15 heavy (non-hydrogen) atoms. The van der Waals surface area contributed by atoms with Crippen molar-refractivity contribution in [3.05, 3.63) is 0 Å². The molecule has 0 amide bonds. The average Bonchev–Trinajstić information content (AvgIpc) is 2.60. The van der Waals surface area contributed by atoms with Crippen molar-refractivity contribution in [2.45, 2.75) is 50.4 Å². The van der Waals surface area contributed by atoms with E-state index < -0.39 is 0 Å². The van der Waals surface area contributed by atoms with Gasteiger partial charge in [0.2, 0.25) is 0 Å². The molecule has 2 aliphatic rings. The summed E-state index contributed by atoms with van der Waals surface area (Å²) in [6, 6.07) is 0.739. The Balaban J connectivity index is 1.92. The van der Waals surface area contributed by atoms with Crippen molar-refractivity contribution in [3.63, 3.8) is 0 Å². The molecule has 3 atom stereocenters. The Kier molecular flexibility index (Phi) is 3.63. The lowest BCUT2D eigenvalue weighted by Gasteiger charge is -2.41. The van der Waals surface area contributed by atoms with Gasteiger partial charge in [-0.1, -0.05) is 6.92 Å². The molecule has 0 radical (unpaired) electrons. The van der Waals surface area contributed by atoms with Gasteiger partial charge in [-0.05, 0) is 33.2 Å². The topological polar surface area (TPSA) is 15.3 Å². The molecule has 3 unspecified atom stereocenters. The molecule has 0 aromatic carbocycles. The van der Waals surface area contributed by atoms with E-state index in [1.165, 1.54) is 38.2 Å². The van der Waals surface area contributed by atoms with Gasteiger partial charge in [-0.3, -0.25) is 4.90 Å². The zero-order valence-corrected chi connectivity index (χ0v) is 11.1. The number of hydrogen-bond donors (Lipinski definition) is 1. The van der Waals surface area contributed by atoms with Crippen LogP contribution >= 0.6 is 11.8 Å². The van der Waals surface area contributed by atoms with Gasteiger partial charge in [-0.15, -0.1) is 0 Å². The van der Waals surface area contributed by atoms with E-state index in [9.17, 15) is 0 Å². The van der Waals surface area contributed by atoms with Gasteiger partial charge in [0.25, 0.3) is 0 Å². The Bertz CT molecular complexity index is 214. The van der Waals surface area contributed by atoms with Crippen LogP contribution in [0.4, 0.5) is 0 Å². The summed E-state index contributed by atoms with van der Waals surface area (Å²) in [5.41, 5.74) is 0.385. The first kappa shape index (κ1) is 11.7. The summed E-state index contributed by atoms with van der Waals surface area (Å²) in [6.45, 7) is 10.9. The van der Waals surface area contributed by atoms with Crippen LogP contribution in [-0.2, 0) is 0 Å². The highest BCUT2D eigenvalue weighted by Gasteiger charge is 2.34. The molecular formula is C12H24N2S. The van der Waals surface area contributed by atoms with E-state index in [0.717, 1.165) is 11.3 Å². The molecule has 2 fully saturated rings. The van der Waals surface area contributed by atoms with E-state index in [1.54, 1.807) is 0 Å². The SMILES string of the molecule is CC1SCCN(CC2(C)CCCN2)C1C. The summed E-state index contributed by atoms with van der Waals surface area (Å²) in [7, 11) is 0. The molecule has 0 bridgehead atoms. The fourth-order valence-electron chi connectivity index (χ4n) is 2.76. The number of nitrogens with zero attached hydrogens (tertiary/aromatic N) is 1. The minimum atomic E-state index is 0.385. The predicted molar refractivity (Wildman–Crippen MR) is 68.6 cm³/mol. The number of hydrogen-bond acceptors (Lipinski definition) is 3. The van der Waals surface area contributed by atoms with E-state index >= 15 is 0 Å². The van der Waals surface area contributed by atoms with Crippen LogP contribution in [0.15, 0.2) is 0 Å². The van der Waals surface area contributed by atoms with Crippen LogP contribution in [0.2, 0.25) is 0 Å². The zero-order chi connectivity index (χ0) is 10.9. The van der Waals surface area contributed by atoms with Gasteiger partial charge in [-0.25, -0.2) is 0 Å². The minimum absolute atomic E-state index is 0.385. The fraction of sp³-hybridized carbons (Fsp3) is 1.00. The van der Waals surface area contributed by atoms with E-state index in [-0.39, 0.29) is 0 Å². The van der Waals surface area contributed by atoms with Crippen LogP contribution in [0.25, 0.3) is 0 Å². The molecule has 2 saturated heterocycles. The number of rotatable bonds is 2. The lowest BCUT2D eigenvalue weighted by Crippen LogP contribution is -2.54. The van der Waals surface area contributed by atoms with Crippen LogP contribution in [0.3, 0.4) is 0 Å². The molecule has 1 N–H and O–H groups in total. The second-order valence-electron chi connectivity index (χ2n) is 5.38. The van der Waals surface area contributed by atoms with E-state index in [1.807, 2.05) is 0 Å². The molecule has 0 aliphatic carbocycles. The van der Waals surface area contributed by atoms with Crippen LogP contribution in [0, 0.1) is 0 Å². The third-order valence-electron chi connectivity index (χ3n) is 4.02. The lowest BCUT2D eigenvalue weighted by molar-refractivity contribution is 0.160. The molecule has 2 nitrogen and oxygen atoms in total. The van der Waals surface area contributed by atoms with Crippen LogP contribution < -0.4 is 5.32 Å². The Labute approximate surface area is 98.2 Å². The van der Waals surface area contributed by atoms with E-state index in [0.29, 0.717) is 5.54 Å². The molecular weight excluding hydrogens is 204 g/mol. The maximum atomic E-state index is 3.67. The molecule has 3 heteroatoms. The quantitative estimate of drug-likeness (QED) is 0.778. The number of nitrogens with one attached hydrogen (secondary N) is 1. The minimum Gasteiger partial charge on any atom is -0.310 e. The van der Waals surface area contributed by atoms with Crippen molar-refractivity contribution in [1.29, 1.82) is 0 Å². The summed E-state index contributed by atoms with van der Waals surface area (Å²) >= 11 is 2.12. The largest absolute Gasteiger partial charge is 0.310 e. The Hall–Kier alpha value is 0.270. The van der Waals surface area contributed by atoms with Crippen molar-refractivity contribution in [2.75, 3.05) is 25.4 Å². The zero-order valence-electron chi connectivity index (χ0n) is 10.3.